The summed E-state index contributed by atoms with van der Waals surface area (Å²) >= 11 is 0. The van der Waals surface area contributed by atoms with E-state index in [-0.39, 0.29) is 16.6 Å². The molecule has 1 aromatic carbocycles. The number of nitro groups is 1. The zero-order chi connectivity index (χ0) is 13.9. The summed E-state index contributed by atoms with van der Waals surface area (Å²) < 4.78 is 27.4. The van der Waals surface area contributed by atoms with Crippen LogP contribution >= 0.6 is 10.7 Å². The molecule has 0 aliphatic heterocycles. The van der Waals surface area contributed by atoms with E-state index < -0.39 is 19.7 Å². The van der Waals surface area contributed by atoms with Crippen molar-refractivity contribution in [3.63, 3.8) is 0 Å². The largest absolute Gasteiger partial charge is 0.487 e. The van der Waals surface area contributed by atoms with Crippen LogP contribution in [0.15, 0.2) is 23.1 Å². The number of nitro benzene ring substituents is 1. The summed E-state index contributed by atoms with van der Waals surface area (Å²) in [5.41, 5.74) is -0.419. The van der Waals surface area contributed by atoms with Gasteiger partial charge in [0.05, 0.1) is 16.4 Å². The molecule has 0 aliphatic carbocycles. The maximum Gasteiger partial charge on any atom is 0.312 e. The summed E-state index contributed by atoms with van der Waals surface area (Å²) in [6.45, 7) is 4.08. The number of halogens is 1. The van der Waals surface area contributed by atoms with Crippen LogP contribution in [0.2, 0.25) is 0 Å². The Morgan fingerprint density at radius 3 is 2.50 bits per heavy atom. The van der Waals surface area contributed by atoms with Crippen molar-refractivity contribution in [2.45, 2.75) is 18.7 Å². The highest BCUT2D eigenvalue weighted by atomic mass is 35.7. The van der Waals surface area contributed by atoms with E-state index in [9.17, 15) is 18.5 Å². The summed E-state index contributed by atoms with van der Waals surface area (Å²) in [5.74, 6) is 0.221. The van der Waals surface area contributed by atoms with Gasteiger partial charge in [-0.15, -0.1) is 0 Å². The Morgan fingerprint density at radius 2 is 2.06 bits per heavy atom. The Kier molecular flexibility index (Phi) is 4.53. The minimum atomic E-state index is -3.99. The van der Waals surface area contributed by atoms with Crippen molar-refractivity contribution in [1.29, 1.82) is 0 Å². The molecule has 1 rings (SSSR count). The van der Waals surface area contributed by atoms with Crippen molar-refractivity contribution in [3.8, 4) is 5.75 Å². The van der Waals surface area contributed by atoms with Crippen molar-refractivity contribution < 1.29 is 18.1 Å². The molecule has 0 radical (unpaired) electrons. The van der Waals surface area contributed by atoms with Gasteiger partial charge < -0.3 is 4.74 Å². The lowest BCUT2D eigenvalue weighted by atomic mass is 10.2. The van der Waals surface area contributed by atoms with Crippen LogP contribution in [0.3, 0.4) is 0 Å². The van der Waals surface area contributed by atoms with E-state index in [2.05, 4.69) is 0 Å². The average molecular weight is 294 g/mol. The molecule has 8 heteroatoms. The van der Waals surface area contributed by atoms with E-state index in [0.29, 0.717) is 6.61 Å². The molecule has 0 saturated carbocycles. The molecule has 6 nitrogen and oxygen atoms in total. The lowest BCUT2D eigenvalue weighted by Crippen LogP contribution is -2.06. The van der Waals surface area contributed by atoms with Gasteiger partial charge in [0.25, 0.3) is 9.05 Å². The van der Waals surface area contributed by atoms with Crippen LogP contribution in [0.1, 0.15) is 13.8 Å². The van der Waals surface area contributed by atoms with Gasteiger partial charge in [-0.05, 0) is 18.1 Å². The summed E-state index contributed by atoms with van der Waals surface area (Å²) in [5, 5.41) is 10.8. The molecule has 100 valence electrons. The van der Waals surface area contributed by atoms with Gasteiger partial charge in [0.1, 0.15) is 0 Å². The first-order valence-corrected chi connectivity index (χ1v) is 7.38. The normalized spacial score (nSPS) is 11.6. The van der Waals surface area contributed by atoms with Crippen molar-refractivity contribution in [1.82, 2.24) is 0 Å². The average Bonchev–Trinajstić information content (AvgIpc) is 2.24. The zero-order valence-corrected chi connectivity index (χ0v) is 11.4. The Labute approximate surface area is 109 Å². The van der Waals surface area contributed by atoms with Crippen LogP contribution in [-0.2, 0) is 9.05 Å². The number of benzene rings is 1. The van der Waals surface area contributed by atoms with Crippen molar-refractivity contribution >= 4 is 25.4 Å². The molecule has 0 spiro atoms. The van der Waals surface area contributed by atoms with Crippen molar-refractivity contribution in [2.75, 3.05) is 6.61 Å². The maximum absolute atomic E-state index is 11.1. The quantitative estimate of drug-likeness (QED) is 0.473. The molecule has 18 heavy (non-hydrogen) atoms. The first-order valence-electron chi connectivity index (χ1n) is 5.07. The molecule has 0 heterocycles. The monoisotopic (exact) mass is 293 g/mol. The maximum atomic E-state index is 11.1. The van der Waals surface area contributed by atoms with Crippen LogP contribution in [0.5, 0.6) is 5.75 Å². The molecular weight excluding hydrogens is 282 g/mol. The van der Waals surface area contributed by atoms with E-state index in [4.69, 9.17) is 15.4 Å². The van der Waals surface area contributed by atoms with Gasteiger partial charge in [-0.3, -0.25) is 10.1 Å². The molecule has 0 N–H and O–H groups in total. The van der Waals surface area contributed by atoms with Crippen LogP contribution in [0, 0.1) is 16.0 Å². The fourth-order valence-electron chi connectivity index (χ4n) is 1.17. The molecule has 1 aromatic rings. The van der Waals surface area contributed by atoms with E-state index in [0.717, 1.165) is 6.07 Å². The predicted octanol–water partition coefficient (Wildman–Crippen LogP) is 2.56. The second-order valence-electron chi connectivity index (χ2n) is 4.03. The second-order valence-corrected chi connectivity index (χ2v) is 6.60. The highest BCUT2D eigenvalue weighted by molar-refractivity contribution is 8.13. The van der Waals surface area contributed by atoms with Crippen LogP contribution in [-0.4, -0.2) is 19.9 Å². The first kappa shape index (κ1) is 14.7. The molecule has 0 aliphatic rings. The Morgan fingerprint density at radius 1 is 1.44 bits per heavy atom. The second kappa shape index (κ2) is 5.53. The fraction of sp³-hybridized carbons (Fsp3) is 0.400. The Bertz CT molecular complexity index is 555. The number of ether oxygens (including phenoxy) is 1. The minimum Gasteiger partial charge on any atom is -0.487 e. The highest BCUT2D eigenvalue weighted by Crippen LogP contribution is 2.31. The number of rotatable bonds is 5. The summed E-state index contributed by atoms with van der Waals surface area (Å²) in [4.78, 5) is 9.80. The van der Waals surface area contributed by atoms with Crippen LogP contribution in [0.25, 0.3) is 0 Å². The molecule has 0 atom stereocenters. The molecule has 0 amide bonds. The third-order valence-corrected chi connectivity index (χ3v) is 3.33. The number of nitrogens with zero attached hydrogens (tertiary/aromatic N) is 1. The summed E-state index contributed by atoms with van der Waals surface area (Å²) in [7, 11) is 1.13. The summed E-state index contributed by atoms with van der Waals surface area (Å²) in [6.07, 6.45) is 0. The predicted molar refractivity (Wildman–Crippen MR) is 66.5 cm³/mol. The van der Waals surface area contributed by atoms with Crippen LogP contribution < -0.4 is 4.74 Å². The minimum absolute atomic E-state index is 0.0257. The number of hydrogen-bond acceptors (Lipinski definition) is 5. The van der Waals surface area contributed by atoms with Gasteiger partial charge in [-0.25, -0.2) is 8.42 Å². The van der Waals surface area contributed by atoms with Gasteiger partial charge in [-0.1, -0.05) is 13.8 Å². The van der Waals surface area contributed by atoms with Gasteiger partial charge in [0.15, 0.2) is 5.75 Å². The van der Waals surface area contributed by atoms with Crippen molar-refractivity contribution in [3.05, 3.63) is 28.3 Å². The smallest absolute Gasteiger partial charge is 0.312 e. The molecular formula is C10H12ClNO5S. The topological polar surface area (TPSA) is 86.5 Å². The molecule has 0 bridgehead atoms. The summed E-state index contributed by atoms with van der Waals surface area (Å²) in [6, 6.07) is 3.29. The van der Waals surface area contributed by atoms with E-state index in [1.165, 1.54) is 12.1 Å². The SMILES string of the molecule is CC(C)COc1ccc(S(=O)(=O)Cl)cc1[N+](=O)[O-]. The van der Waals surface area contributed by atoms with Gasteiger partial charge in [0.2, 0.25) is 0 Å². The third kappa shape index (κ3) is 3.85. The lowest BCUT2D eigenvalue weighted by molar-refractivity contribution is -0.386. The van der Waals surface area contributed by atoms with E-state index in [1.54, 1.807) is 0 Å². The van der Waals surface area contributed by atoms with Gasteiger partial charge in [0, 0.05) is 16.7 Å². The van der Waals surface area contributed by atoms with Gasteiger partial charge >= 0.3 is 5.69 Å². The highest BCUT2D eigenvalue weighted by Gasteiger charge is 2.21. The molecule has 0 saturated heterocycles. The zero-order valence-electron chi connectivity index (χ0n) is 9.79. The first-order chi connectivity index (χ1) is 8.21. The van der Waals surface area contributed by atoms with Crippen molar-refractivity contribution in [2.24, 2.45) is 5.92 Å². The van der Waals surface area contributed by atoms with E-state index in [1.807, 2.05) is 13.8 Å². The fourth-order valence-corrected chi connectivity index (χ4v) is 1.94. The third-order valence-electron chi connectivity index (χ3n) is 1.98. The molecule has 0 unspecified atom stereocenters. The van der Waals surface area contributed by atoms with Crippen LogP contribution in [0.4, 0.5) is 5.69 Å². The molecule has 0 fully saturated rings. The molecule has 0 aromatic heterocycles. The number of hydrogen-bond donors (Lipinski definition) is 0. The lowest BCUT2D eigenvalue weighted by Gasteiger charge is -2.09. The Hall–Kier alpha value is -1.34. The standard InChI is InChI=1S/C10H12ClNO5S/c1-7(2)6-17-10-4-3-8(18(11,15)16)5-9(10)12(13)14/h3-5,7H,6H2,1-2H3. The Balaban J connectivity index is 3.17. The van der Waals surface area contributed by atoms with Gasteiger partial charge in [-0.2, -0.15) is 0 Å². The van der Waals surface area contributed by atoms with E-state index >= 15 is 0 Å².